The number of rotatable bonds is 12. The van der Waals surface area contributed by atoms with Crippen molar-refractivity contribution in [3.63, 3.8) is 0 Å². The zero-order valence-electron chi connectivity index (χ0n) is 23.9. The molecule has 0 spiro atoms. The standard InChI is InChI=1S/C31H34N2O7S/c1-7-11-21-14-19(15-25(36-5)28(21)40-10-4)16-26-29(34)33-27(22(30(35)37-6)18-32-31(33)41-26)20-12-13-23(38-8-2)24(17-20)39-9-3/h7,12-18,27H,1,8-11H2,2-6H3/b26-16-/t27-/m0/s1. The molecule has 0 saturated heterocycles. The van der Waals surface area contributed by atoms with Gasteiger partial charge in [-0.2, -0.15) is 0 Å². The zero-order chi connectivity index (χ0) is 29.5. The van der Waals surface area contributed by atoms with Crippen molar-refractivity contribution >= 4 is 23.4 Å². The van der Waals surface area contributed by atoms with Crippen LogP contribution in [0.1, 0.15) is 43.5 Å². The summed E-state index contributed by atoms with van der Waals surface area (Å²) in [5.74, 6) is 1.73. The lowest BCUT2D eigenvalue weighted by Crippen LogP contribution is -2.39. The number of aromatic nitrogens is 1. The highest BCUT2D eigenvalue weighted by atomic mass is 32.1. The van der Waals surface area contributed by atoms with E-state index >= 15 is 0 Å². The SMILES string of the molecule is C=CCc1cc(/C=c2\sc3n(c2=O)[C@@H](c2ccc(OCC)c(OCC)c2)C(C(=O)OC)=CN=3)cc(OC)c1OCC. The molecule has 0 aliphatic carbocycles. The largest absolute Gasteiger partial charge is 0.493 e. The van der Waals surface area contributed by atoms with E-state index in [4.69, 9.17) is 23.7 Å². The summed E-state index contributed by atoms with van der Waals surface area (Å²) in [6, 6.07) is 8.39. The lowest BCUT2D eigenvalue weighted by molar-refractivity contribution is -0.136. The van der Waals surface area contributed by atoms with Gasteiger partial charge < -0.3 is 23.7 Å². The molecule has 41 heavy (non-hydrogen) atoms. The highest BCUT2D eigenvalue weighted by Gasteiger charge is 2.31. The van der Waals surface area contributed by atoms with Crippen LogP contribution in [-0.2, 0) is 16.0 Å². The van der Waals surface area contributed by atoms with Gasteiger partial charge >= 0.3 is 5.97 Å². The third-order valence-electron chi connectivity index (χ3n) is 6.33. The summed E-state index contributed by atoms with van der Waals surface area (Å²) in [5.41, 5.74) is 2.25. The molecule has 0 bridgehead atoms. The number of carbonyl (C=O) groups excluding carboxylic acids is 1. The van der Waals surface area contributed by atoms with E-state index in [-0.39, 0.29) is 11.1 Å². The molecule has 10 heteroatoms. The summed E-state index contributed by atoms with van der Waals surface area (Å²) < 4.78 is 30.0. The second-order valence-electron chi connectivity index (χ2n) is 8.89. The molecule has 0 N–H and O–H groups in total. The van der Waals surface area contributed by atoms with Crippen LogP contribution in [0, 0.1) is 0 Å². The number of hydrogen-bond acceptors (Lipinski definition) is 9. The van der Waals surface area contributed by atoms with Crippen LogP contribution in [0.5, 0.6) is 23.0 Å². The van der Waals surface area contributed by atoms with Gasteiger partial charge in [-0.05, 0) is 68.7 Å². The molecule has 1 aliphatic rings. The van der Waals surface area contributed by atoms with Crippen molar-refractivity contribution in [3.05, 3.63) is 91.1 Å². The number of hydrogen-bond donors (Lipinski definition) is 0. The van der Waals surface area contributed by atoms with Crippen molar-refractivity contribution in [3.8, 4) is 23.0 Å². The molecule has 3 aromatic rings. The maximum absolute atomic E-state index is 13.9. The third-order valence-corrected chi connectivity index (χ3v) is 7.33. The Morgan fingerprint density at radius 2 is 1.76 bits per heavy atom. The van der Waals surface area contributed by atoms with Gasteiger partial charge in [-0.25, -0.2) is 9.79 Å². The van der Waals surface area contributed by atoms with E-state index in [2.05, 4.69) is 11.6 Å². The summed E-state index contributed by atoms with van der Waals surface area (Å²) in [5, 5.41) is 0. The summed E-state index contributed by atoms with van der Waals surface area (Å²) in [7, 11) is 2.88. The average molecular weight is 579 g/mol. The van der Waals surface area contributed by atoms with E-state index in [1.54, 1.807) is 31.4 Å². The second-order valence-corrected chi connectivity index (χ2v) is 9.89. The molecule has 4 rings (SSSR count). The first kappa shape index (κ1) is 29.7. The van der Waals surface area contributed by atoms with E-state index in [0.29, 0.717) is 64.1 Å². The van der Waals surface area contributed by atoms with E-state index in [1.165, 1.54) is 29.2 Å². The number of benzene rings is 2. The first-order valence-electron chi connectivity index (χ1n) is 13.3. The van der Waals surface area contributed by atoms with Crippen LogP contribution in [-0.4, -0.2) is 44.6 Å². The Bertz CT molecular complexity index is 1650. The minimum atomic E-state index is -0.776. The maximum Gasteiger partial charge on any atom is 0.337 e. The summed E-state index contributed by atoms with van der Waals surface area (Å²) in [4.78, 5) is 31.7. The van der Waals surface area contributed by atoms with Crippen LogP contribution in [0.15, 0.2) is 64.5 Å². The Kier molecular flexibility index (Phi) is 9.67. The van der Waals surface area contributed by atoms with Gasteiger partial charge in [0, 0.05) is 11.8 Å². The molecule has 0 radical (unpaired) electrons. The molecule has 216 valence electrons. The Labute approximate surface area is 242 Å². The molecule has 1 atom stereocenters. The lowest BCUT2D eigenvalue weighted by atomic mass is 9.97. The molecule has 9 nitrogen and oxygen atoms in total. The van der Waals surface area contributed by atoms with Gasteiger partial charge in [0.25, 0.3) is 5.56 Å². The fourth-order valence-electron chi connectivity index (χ4n) is 4.67. The second kappa shape index (κ2) is 13.4. The van der Waals surface area contributed by atoms with Crippen molar-refractivity contribution < 1.29 is 28.5 Å². The predicted molar refractivity (Wildman–Crippen MR) is 158 cm³/mol. The number of esters is 1. The predicted octanol–water partition coefficient (Wildman–Crippen LogP) is 3.95. The monoisotopic (exact) mass is 578 g/mol. The van der Waals surface area contributed by atoms with Crippen molar-refractivity contribution in [2.24, 2.45) is 4.99 Å². The number of allylic oxidation sites excluding steroid dienone is 1. The molecule has 0 saturated carbocycles. The van der Waals surface area contributed by atoms with Gasteiger partial charge in [-0.15, -0.1) is 6.58 Å². The summed E-state index contributed by atoms with van der Waals surface area (Å²) in [6.07, 6.45) is 5.61. The number of carbonyl (C=O) groups is 1. The van der Waals surface area contributed by atoms with Crippen LogP contribution in [0.4, 0.5) is 0 Å². The van der Waals surface area contributed by atoms with Crippen molar-refractivity contribution in [2.45, 2.75) is 33.2 Å². The molecule has 0 fully saturated rings. The number of methoxy groups -OCH3 is 2. The summed E-state index contributed by atoms with van der Waals surface area (Å²) in [6.45, 7) is 10.9. The van der Waals surface area contributed by atoms with E-state index in [0.717, 1.165) is 11.1 Å². The molecule has 0 unspecified atom stereocenters. The van der Waals surface area contributed by atoms with E-state index in [1.807, 2.05) is 39.0 Å². The minimum Gasteiger partial charge on any atom is -0.493 e. The summed E-state index contributed by atoms with van der Waals surface area (Å²) >= 11 is 1.23. The highest BCUT2D eigenvalue weighted by molar-refractivity contribution is 7.07. The van der Waals surface area contributed by atoms with Gasteiger partial charge in [0.1, 0.15) is 0 Å². The van der Waals surface area contributed by atoms with Gasteiger partial charge in [0.2, 0.25) is 0 Å². The third kappa shape index (κ3) is 6.07. The smallest absolute Gasteiger partial charge is 0.337 e. The quantitative estimate of drug-likeness (QED) is 0.237. The van der Waals surface area contributed by atoms with Gasteiger partial charge in [0.15, 0.2) is 27.8 Å². The van der Waals surface area contributed by atoms with E-state index in [9.17, 15) is 9.59 Å². The van der Waals surface area contributed by atoms with Crippen LogP contribution in [0.25, 0.3) is 6.08 Å². The molecule has 1 aliphatic heterocycles. The molecule has 2 heterocycles. The normalized spacial score (nSPS) is 14.4. The Hall–Kier alpha value is -4.31. The van der Waals surface area contributed by atoms with Gasteiger partial charge in [0.05, 0.1) is 50.2 Å². The fourth-order valence-corrected chi connectivity index (χ4v) is 5.64. The number of nitrogens with zero attached hydrogens (tertiary/aromatic N) is 2. The van der Waals surface area contributed by atoms with Gasteiger partial charge in [-0.3, -0.25) is 9.36 Å². The molecule has 1 aromatic heterocycles. The topological polar surface area (TPSA) is 97.6 Å². The van der Waals surface area contributed by atoms with Crippen LogP contribution in [0.3, 0.4) is 0 Å². The van der Waals surface area contributed by atoms with Crippen molar-refractivity contribution in [2.75, 3.05) is 34.0 Å². The fraction of sp³-hybridized carbons (Fsp3) is 0.323. The molecule has 0 amide bonds. The van der Waals surface area contributed by atoms with Crippen LogP contribution in [0.2, 0.25) is 0 Å². The first-order valence-corrected chi connectivity index (χ1v) is 14.2. The average Bonchev–Trinajstić information content (AvgIpc) is 3.29. The molecular weight excluding hydrogens is 544 g/mol. The Balaban J connectivity index is 1.91. The highest BCUT2D eigenvalue weighted by Crippen LogP contribution is 2.36. The minimum absolute atomic E-state index is 0.231. The van der Waals surface area contributed by atoms with Gasteiger partial charge in [-0.1, -0.05) is 23.5 Å². The number of ether oxygens (including phenoxy) is 5. The zero-order valence-corrected chi connectivity index (χ0v) is 24.7. The van der Waals surface area contributed by atoms with Crippen LogP contribution >= 0.6 is 11.3 Å². The number of thiazole rings is 1. The maximum atomic E-state index is 13.9. The Morgan fingerprint density at radius 3 is 2.41 bits per heavy atom. The van der Waals surface area contributed by atoms with Crippen molar-refractivity contribution in [1.29, 1.82) is 0 Å². The van der Waals surface area contributed by atoms with Crippen molar-refractivity contribution in [1.82, 2.24) is 4.57 Å². The molecule has 2 aromatic carbocycles. The molecular formula is C31H34N2O7S. The first-order chi connectivity index (χ1) is 19.9. The Morgan fingerprint density at radius 1 is 1.02 bits per heavy atom. The van der Waals surface area contributed by atoms with E-state index < -0.39 is 12.0 Å². The lowest BCUT2D eigenvalue weighted by Gasteiger charge is -2.23. The number of fused-ring (bicyclic) bond motifs is 1. The van der Waals surface area contributed by atoms with Crippen LogP contribution < -0.4 is 33.8 Å².